The van der Waals surface area contributed by atoms with Crippen LogP contribution in [0.15, 0.2) is 24.3 Å². The van der Waals surface area contributed by atoms with Gasteiger partial charge < -0.3 is 15.3 Å². The van der Waals surface area contributed by atoms with Crippen LogP contribution >= 0.6 is 0 Å². The first-order chi connectivity index (χ1) is 9.60. The topological polar surface area (TPSA) is 69.6 Å². The summed E-state index contributed by atoms with van der Waals surface area (Å²) in [5.41, 5.74) is 1.82. The number of rotatable bonds is 5. The Morgan fingerprint density at radius 1 is 1.50 bits per heavy atom. The van der Waals surface area contributed by atoms with Crippen LogP contribution in [0.25, 0.3) is 0 Å². The number of aliphatic hydroxyl groups is 1. The van der Waals surface area contributed by atoms with Crippen LogP contribution in [0.3, 0.4) is 0 Å². The van der Waals surface area contributed by atoms with Gasteiger partial charge in [0.15, 0.2) is 0 Å². The highest BCUT2D eigenvalue weighted by atomic mass is 16.3. The normalized spacial score (nSPS) is 18.4. The lowest BCUT2D eigenvalue weighted by molar-refractivity contribution is -0.127. The van der Waals surface area contributed by atoms with Gasteiger partial charge in [-0.15, -0.1) is 0 Å². The van der Waals surface area contributed by atoms with Gasteiger partial charge in [-0.05, 0) is 30.5 Å². The molecular formula is C15H20N2O3. The highest BCUT2D eigenvalue weighted by Gasteiger charge is 2.32. The number of aliphatic hydroxyl groups excluding tert-OH is 1. The molecule has 1 aromatic carbocycles. The minimum absolute atomic E-state index is 0.0156. The summed E-state index contributed by atoms with van der Waals surface area (Å²) < 4.78 is 0. The Bertz CT molecular complexity index is 502. The van der Waals surface area contributed by atoms with Gasteiger partial charge in [0, 0.05) is 32.3 Å². The average molecular weight is 276 g/mol. The standard InChI is InChI=1S/C15H20N2O3/c1-17-10-12(9-14(17)19)15(20)16-13-6-2-4-11(8-13)5-3-7-18/h2,4,6,8,12,18H,3,5,7,9-10H2,1H3,(H,16,20). The van der Waals surface area contributed by atoms with Gasteiger partial charge in [-0.3, -0.25) is 9.59 Å². The van der Waals surface area contributed by atoms with E-state index in [1.807, 2.05) is 24.3 Å². The van der Waals surface area contributed by atoms with E-state index in [9.17, 15) is 9.59 Å². The number of aryl methyl sites for hydroxylation is 1. The number of carbonyl (C=O) groups excluding carboxylic acids is 2. The van der Waals surface area contributed by atoms with E-state index in [0.29, 0.717) is 13.0 Å². The molecule has 1 heterocycles. The number of carbonyl (C=O) groups is 2. The number of likely N-dealkylation sites (tertiary alicyclic amines) is 1. The summed E-state index contributed by atoms with van der Waals surface area (Å²) in [5.74, 6) is -0.363. The summed E-state index contributed by atoms with van der Waals surface area (Å²) >= 11 is 0. The first-order valence-electron chi connectivity index (χ1n) is 6.85. The maximum absolute atomic E-state index is 12.1. The number of benzene rings is 1. The third-order valence-corrected chi connectivity index (χ3v) is 3.53. The lowest BCUT2D eigenvalue weighted by Gasteiger charge is -2.12. The predicted octanol–water partition coefficient (Wildman–Crippen LogP) is 1.03. The van der Waals surface area contributed by atoms with Crippen LogP contribution in [-0.2, 0) is 16.0 Å². The summed E-state index contributed by atoms with van der Waals surface area (Å²) in [6.45, 7) is 0.641. The van der Waals surface area contributed by atoms with Crippen molar-refractivity contribution in [1.82, 2.24) is 4.90 Å². The average Bonchev–Trinajstić information content (AvgIpc) is 2.77. The zero-order valence-electron chi connectivity index (χ0n) is 11.6. The molecule has 0 saturated carbocycles. The predicted molar refractivity (Wildman–Crippen MR) is 76.2 cm³/mol. The van der Waals surface area contributed by atoms with Crippen molar-refractivity contribution in [3.8, 4) is 0 Å². The molecule has 5 heteroatoms. The molecule has 1 aliphatic rings. The Kier molecular flexibility index (Phi) is 4.74. The van der Waals surface area contributed by atoms with Crippen LogP contribution in [-0.4, -0.2) is 42.0 Å². The second kappa shape index (κ2) is 6.52. The summed E-state index contributed by atoms with van der Waals surface area (Å²) in [7, 11) is 1.71. The van der Waals surface area contributed by atoms with Gasteiger partial charge in [0.05, 0.1) is 5.92 Å². The fourth-order valence-electron chi connectivity index (χ4n) is 2.37. The molecule has 0 bridgehead atoms. The lowest BCUT2D eigenvalue weighted by Crippen LogP contribution is -2.25. The molecule has 1 aromatic rings. The number of nitrogens with zero attached hydrogens (tertiary/aromatic N) is 1. The van der Waals surface area contributed by atoms with Crippen LogP contribution < -0.4 is 5.32 Å². The van der Waals surface area contributed by atoms with E-state index in [4.69, 9.17) is 5.11 Å². The molecule has 108 valence electrons. The van der Waals surface area contributed by atoms with Gasteiger partial charge >= 0.3 is 0 Å². The molecule has 2 N–H and O–H groups in total. The smallest absolute Gasteiger partial charge is 0.229 e. The first-order valence-corrected chi connectivity index (χ1v) is 6.85. The summed E-state index contributed by atoms with van der Waals surface area (Å²) in [6, 6.07) is 7.60. The molecular weight excluding hydrogens is 256 g/mol. The van der Waals surface area contributed by atoms with Gasteiger partial charge in [-0.1, -0.05) is 12.1 Å². The number of anilines is 1. The van der Waals surface area contributed by atoms with E-state index < -0.39 is 0 Å². The molecule has 2 rings (SSSR count). The Balaban J connectivity index is 1.96. The molecule has 20 heavy (non-hydrogen) atoms. The monoisotopic (exact) mass is 276 g/mol. The van der Waals surface area contributed by atoms with E-state index in [1.54, 1.807) is 11.9 Å². The van der Waals surface area contributed by atoms with Crippen molar-refractivity contribution < 1.29 is 14.7 Å². The molecule has 0 spiro atoms. The molecule has 1 aliphatic heterocycles. The second-order valence-corrected chi connectivity index (χ2v) is 5.19. The molecule has 2 amide bonds. The van der Waals surface area contributed by atoms with Crippen LogP contribution in [0.5, 0.6) is 0 Å². The van der Waals surface area contributed by atoms with Crippen molar-refractivity contribution in [1.29, 1.82) is 0 Å². The van der Waals surface area contributed by atoms with E-state index in [2.05, 4.69) is 5.32 Å². The maximum Gasteiger partial charge on any atom is 0.229 e. The first kappa shape index (κ1) is 14.5. The molecule has 0 aliphatic carbocycles. The van der Waals surface area contributed by atoms with Gasteiger partial charge in [0.2, 0.25) is 11.8 Å². The molecule has 1 saturated heterocycles. The third-order valence-electron chi connectivity index (χ3n) is 3.53. The fourth-order valence-corrected chi connectivity index (χ4v) is 2.37. The van der Waals surface area contributed by atoms with Gasteiger partial charge in [-0.25, -0.2) is 0 Å². The van der Waals surface area contributed by atoms with E-state index in [-0.39, 0.29) is 30.8 Å². The second-order valence-electron chi connectivity index (χ2n) is 5.19. The van der Waals surface area contributed by atoms with E-state index in [0.717, 1.165) is 17.7 Å². The van der Waals surface area contributed by atoms with E-state index in [1.165, 1.54) is 0 Å². The SMILES string of the molecule is CN1CC(C(=O)Nc2cccc(CCCO)c2)CC1=O. The number of hydrogen-bond donors (Lipinski definition) is 2. The van der Waals surface area contributed by atoms with Crippen molar-refractivity contribution in [2.45, 2.75) is 19.3 Å². The number of hydrogen-bond acceptors (Lipinski definition) is 3. The molecule has 0 radical (unpaired) electrons. The van der Waals surface area contributed by atoms with Crippen LogP contribution in [0.4, 0.5) is 5.69 Å². The van der Waals surface area contributed by atoms with Gasteiger partial charge in [0.1, 0.15) is 0 Å². The summed E-state index contributed by atoms with van der Waals surface area (Å²) in [6.07, 6.45) is 1.77. The Hall–Kier alpha value is -1.88. The minimum atomic E-state index is -0.270. The molecule has 1 unspecified atom stereocenters. The highest BCUT2D eigenvalue weighted by Crippen LogP contribution is 2.19. The fraction of sp³-hybridized carbons (Fsp3) is 0.467. The zero-order chi connectivity index (χ0) is 14.5. The summed E-state index contributed by atoms with van der Waals surface area (Å²) in [4.78, 5) is 25.1. The highest BCUT2D eigenvalue weighted by molar-refractivity contribution is 5.97. The van der Waals surface area contributed by atoms with Crippen LogP contribution in [0.2, 0.25) is 0 Å². The maximum atomic E-state index is 12.1. The Morgan fingerprint density at radius 2 is 2.30 bits per heavy atom. The van der Waals surface area contributed by atoms with Gasteiger partial charge in [0.25, 0.3) is 0 Å². The summed E-state index contributed by atoms with van der Waals surface area (Å²) in [5, 5.41) is 11.7. The third kappa shape index (κ3) is 3.57. The lowest BCUT2D eigenvalue weighted by atomic mass is 10.1. The van der Waals surface area contributed by atoms with Crippen LogP contribution in [0.1, 0.15) is 18.4 Å². The van der Waals surface area contributed by atoms with Crippen molar-refractivity contribution in [3.63, 3.8) is 0 Å². The largest absolute Gasteiger partial charge is 0.396 e. The van der Waals surface area contributed by atoms with E-state index >= 15 is 0 Å². The molecule has 5 nitrogen and oxygen atoms in total. The van der Waals surface area contributed by atoms with Crippen molar-refractivity contribution in [3.05, 3.63) is 29.8 Å². The molecule has 0 aromatic heterocycles. The van der Waals surface area contributed by atoms with Crippen LogP contribution in [0, 0.1) is 5.92 Å². The van der Waals surface area contributed by atoms with Crippen molar-refractivity contribution in [2.75, 3.05) is 25.5 Å². The minimum Gasteiger partial charge on any atom is -0.396 e. The molecule has 1 fully saturated rings. The molecule has 1 atom stereocenters. The van der Waals surface area contributed by atoms with Crippen molar-refractivity contribution in [2.24, 2.45) is 5.92 Å². The Labute approximate surface area is 118 Å². The zero-order valence-corrected chi connectivity index (χ0v) is 11.6. The Morgan fingerprint density at radius 3 is 2.95 bits per heavy atom. The quantitative estimate of drug-likeness (QED) is 0.844. The number of amides is 2. The number of nitrogens with one attached hydrogen (secondary N) is 1. The van der Waals surface area contributed by atoms with Crippen molar-refractivity contribution >= 4 is 17.5 Å². The van der Waals surface area contributed by atoms with Gasteiger partial charge in [-0.2, -0.15) is 0 Å².